The van der Waals surface area contributed by atoms with Crippen LogP contribution in [0, 0.1) is 6.92 Å². The zero-order valence-corrected chi connectivity index (χ0v) is 18.3. The first-order valence-corrected chi connectivity index (χ1v) is 10.4. The van der Waals surface area contributed by atoms with Gasteiger partial charge in [-0.15, -0.1) is 0 Å². The van der Waals surface area contributed by atoms with Crippen molar-refractivity contribution >= 4 is 28.7 Å². The van der Waals surface area contributed by atoms with E-state index in [0.29, 0.717) is 54.2 Å². The monoisotopic (exact) mass is 421 g/mol. The summed E-state index contributed by atoms with van der Waals surface area (Å²) in [5, 5.41) is 0.710. The highest BCUT2D eigenvalue weighted by atomic mass is 16.6. The van der Waals surface area contributed by atoms with Crippen LogP contribution in [-0.4, -0.2) is 63.5 Å². The van der Waals surface area contributed by atoms with Crippen molar-refractivity contribution < 1.29 is 14.3 Å². The molecule has 3 aromatic rings. The lowest BCUT2D eigenvalue weighted by atomic mass is 9.99. The number of carbonyl (C=O) groups is 2. The Balaban J connectivity index is 1.60. The average molecular weight is 422 g/mol. The number of aryl methyl sites for hydroxylation is 1. The number of anilines is 1. The second-order valence-corrected chi connectivity index (χ2v) is 8.72. The third kappa shape index (κ3) is 4.23. The number of aromatic nitrogens is 3. The number of benzene rings is 1. The van der Waals surface area contributed by atoms with E-state index in [9.17, 15) is 9.59 Å². The van der Waals surface area contributed by atoms with Gasteiger partial charge < -0.3 is 19.5 Å². The van der Waals surface area contributed by atoms with Crippen molar-refractivity contribution in [2.75, 3.05) is 31.1 Å². The quantitative estimate of drug-likeness (QED) is 0.650. The first-order chi connectivity index (χ1) is 14.7. The van der Waals surface area contributed by atoms with E-state index < -0.39 is 5.60 Å². The molecule has 1 aliphatic rings. The molecule has 0 aliphatic carbocycles. The summed E-state index contributed by atoms with van der Waals surface area (Å²) in [5.74, 6) is 0.639. The lowest BCUT2D eigenvalue weighted by Crippen LogP contribution is -2.50. The Kier molecular flexibility index (Phi) is 5.39. The summed E-state index contributed by atoms with van der Waals surface area (Å²) in [7, 11) is 0. The fourth-order valence-corrected chi connectivity index (χ4v) is 3.77. The maximum absolute atomic E-state index is 13.3. The molecule has 2 aromatic heterocycles. The molecule has 0 radical (unpaired) electrons. The number of ether oxygens (including phenoxy) is 1. The minimum Gasteiger partial charge on any atom is -0.444 e. The molecule has 1 N–H and O–H groups in total. The molecule has 1 amide bonds. The fourth-order valence-electron chi connectivity index (χ4n) is 3.77. The zero-order chi connectivity index (χ0) is 22.2. The van der Waals surface area contributed by atoms with Crippen molar-refractivity contribution in [3.05, 3.63) is 53.5 Å². The van der Waals surface area contributed by atoms with Crippen molar-refractivity contribution in [3.8, 4) is 0 Å². The smallest absolute Gasteiger partial charge is 0.410 e. The van der Waals surface area contributed by atoms with Gasteiger partial charge in [-0.2, -0.15) is 0 Å². The van der Waals surface area contributed by atoms with Crippen LogP contribution in [0.3, 0.4) is 0 Å². The number of aromatic amines is 1. The molecule has 162 valence electrons. The van der Waals surface area contributed by atoms with Gasteiger partial charge in [0, 0.05) is 37.9 Å². The Bertz CT molecular complexity index is 1120. The molecule has 0 bridgehead atoms. The van der Waals surface area contributed by atoms with Crippen LogP contribution in [0.5, 0.6) is 0 Å². The van der Waals surface area contributed by atoms with Crippen LogP contribution >= 0.6 is 0 Å². The lowest BCUT2D eigenvalue weighted by Gasteiger charge is -2.36. The van der Waals surface area contributed by atoms with Crippen molar-refractivity contribution in [1.29, 1.82) is 0 Å². The molecule has 8 nitrogen and oxygen atoms in total. The SMILES string of the molecule is Cc1ccccc1C(=O)c1c[nH]c2ncnc(N3CCN(C(=O)OC(C)(C)C)CC3)c12. The van der Waals surface area contributed by atoms with Gasteiger partial charge in [0.15, 0.2) is 5.78 Å². The molecular formula is C23H27N5O3. The second-order valence-electron chi connectivity index (χ2n) is 8.72. The molecule has 1 fully saturated rings. The molecule has 1 saturated heterocycles. The van der Waals surface area contributed by atoms with Gasteiger partial charge in [0.1, 0.15) is 23.4 Å². The van der Waals surface area contributed by atoms with E-state index in [4.69, 9.17) is 4.74 Å². The van der Waals surface area contributed by atoms with Crippen LogP contribution < -0.4 is 4.90 Å². The first-order valence-electron chi connectivity index (χ1n) is 10.4. The van der Waals surface area contributed by atoms with Crippen LogP contribution in [-0.2, 0) is 4.74 Å². The van der Waals surface area contributed by atoms with E-state index in [0.717, 1.165) is 5.56 Å². The lowest BCUT2D eigenvalue weighted by molar-refractivity contribution is 0.0240. The second kappa shape index (κ2) is 8.02. The van der Waals surface area contributed by atoms with Gasteiger partial charge in [-0.1, -0.05) is 24.3 Å². The van der Waals surface area contributed by atoms with Crippen LogP contribution in [0.2, 0.25) is 0 Å². The number of amides is 1. The van der Waals surface area contributed by atoms with E-state index in [-0.39, 0.29) is 11.9 Å². The number of carbonyl (C=O) groups excluding carboxylic acids is 2. The summed E-state index contributed by atoms with van der Waals surface area (Å²) in [6.45, 7) is 9.73. The number of nitrogens with zero attached hydrogens (tertiary/aromatic N) is 4. The summed E-state index contributed by atoms with van der Waals surface area (Å²) in [4.78, 5) is 41.4. The highest BCUT2D eigenvalue weighted by Gasteiger charge is 2.28. The topological polar surface area (TPSA) is 91.4 Å². The number of piperazine rings is 1. The average Bonchev–Trinajstić information content (AvgIpc) is 3.17. The minimum absolute atomic E-state index is 0.0622. The van der Waals surface area contributed by atoms with Crippen LogP contribution in [0.15, 0.2) is 36.8 Å². The summed E-state index contributed by atoms with van der Waals surface area (Å²) in [6.07, 6.45) is 2.89. The van der Waals surface area contributed by atoms with Crippen molar-refractivity contribution in [3.63, 3.8) is 0 Å². The third-order valence-corrected chi connectivity index (χ3v) is 5.32. The van der Waals surface area contributed by atoms with Crippen LogP contribution in [0.4, 0.5) is 10.6 Å². The predicted molar refractivity (Wildman–Crippen MR) is 119 cm³/mol. The number of hydrogen-bond acceptors (Lipinski definition) is 6. The standard InChI is InChI=1S/C23H27N5O3/c1-15-7-5-6-8-16(15)19(29)17-13-24-20-18(17)21(26-14-25-20)27-9-11-28(12-10-27)22(30)31-23(2,3)4/h5-8,13-14H,9-12H2,1-4H3,(H,24,25,26). The summed E-state index contributed by atoms with van der Waals surface area (Å²) in [6, 6.07) is 7.54. The molecule has 0 unspecified atom stereocenters. The molecule has 31 heavy (non-hydrogen) atoms. The van der Waals surface area contributed by atoms with Gasteiger partial charge in [0.05, 0.1) is 10.9 Å². The number of hydrogen-bond donors (Lipinski definition) is 1. The first kappa shape index (κ1) is 20.8. The minimum atomic E-state index is -0.525. The number of rotatable bonds is 3. The molecule has 1 aliphatic heterocycles. The van der Waals surface area contributed by atoms with Gasteiger partial charge in [0.2, 0.25) is 0 Å². The molecule has 0 atom stereocenters. The van der Waals surface area contributed by atoms with Crippen LogP contribution in [0.1, 0.15) is 42.3 Å². The predicted octanol–water partition coefficient (Wildman–Crippen LogP) is 3.55. The van der Waals surface area contributed by atoms with Crippen molar-refractivity contribution in [2.45, 2.75) is 33.3 Å². The van der Waals surface area contributed by atoms with Crippen molar-refractivity contribution in [2.24, 2.45) is 0 Å². The van der Waals surface area contributed by atoms with Gasteiger partial charge in [0.25, 0.3) is 0 Å². The Labute approximate surface area is 181 Å². The summed E-state index contributed by atoms with van der Waals surface area (Å²) < 4.78 is 5.48. The molecule has 8 heteroatoms. The van der Waals surface area contributed by atoms with Gasteiger partial charge in [-0.3, -0.25) is 4.79 Å². The Hall–Kier alpha value is -3.42. The van der Waals surface area contributed by atoms with Crippen LogP contribution in [0.25, 0.3) is 11.0 Å². The number of H-pyrrole nitrogens is 1. The summed E-state index contributed by atoms with van der Waals surface area (Å²) in [5.41, 5.74) is 2.23. The molecule has 3 heterocycles. The zero-order valence-electron chi connectivity index (χ0n) is 18.3. The molecule has 0 saturated carbocycles. The normalized spacial score (nSPS) is 14.7. The third-order valence-electron chi connectivity index (χ3n) is 5.32. The Morgan fingerprint density at radius 1 is 1.03 bits per heavy atom. The number of nitrogens with one attached hydrogen (secondary N) is 1. The Morgan fingerprint density at radius 3 is 2.42 bits per heavy atom. The maximum Gasteiger partial charge on any atom is 0.410 e. The van der Waals surface area contributed by atoms with E-state index in [2.05, 4.69) is 19.9 Å². The number of fused-ring (bicyclic) bond motifs is 1. The summed E-state index contributed by atoms with van der Waals surface area (Å²) >= 11 is 0. The van der Waals surface area contributed by atoms with Crippen molar-refractivity contribution in [1.82, 2.24) is 19.9 Å². The highest BCUT2D eigenvalue weighted by molar-refractivity contribution is 6.18. The Morgan fingerprint density at radius 2 is 1.74 bits per heavy atom. The van der Waals surface area contributed by atoms with Gasteiger partial charge >= 0.3 is 6.09 Å². The van der Waals surface area contributed by atoms with Gasteiger partial charge in [-0.25, -0.2) is 14.8 Å². The maximum atomic E-state index is 13.3. The highest BCUT2D eigenvalue weighted by Crippen LogP contribution is 2.29. The fraction of sp³-hybridized carbons (Fsp3) is 0.391. The molecule has 1 aromatic carbocycles. The molecule has 4 rings (SSSR count). The van der Waals surface area contributed by atoms with Gasteiger partial charge in [-0.05, 0) is 33.3 Å². The molecular weight excluding hydrogens is 394 g/mol. The van der Waals surface area contributed by atoms with E-state index in [1.807, 2.05) is 52.0 Å². The molecule has 0 spiro atoms. The van der Waals surface area contributed by atoms with E-state index in [1.54, 1.807) is 11.1 Å². The largest absolute Gasteiger partial charge is 0.444 e. The number of ketones is 1. The van der Waals surface area contributed by atoms with E-state index in [1.165, 1.54) is 6.33 Å². The van der Waals surface area contributed by atoms with E-state index >= 15 is 0 Å².